The van der Waals surface area contributed by atoms with Crippen LogP contribution in [-0.4, -0.2) is 48.9 Å². The molecule has 1 heterocycles. The number of carbonyl (C=O) groups excluding carboxylic acids is 1. The summed E-state index contributed by atoms with van der Waals surface area (Å²) in [6.07, 6.45) is 0. The van der Waals surface area contributed by atoms with Crippen molar-refractivity contribution in [1.82, 2.24) is 9.80 Å². The molecule has 1 aliphatic rings. The van der Waals surface area contributed by atoms with Crippen LogP contribution in [-0.2, 0) is 0 Å². The summed E-state index contributed by atoms with van der Waals surface area (Å²) in [7, 11) is 4.17. The molecule has 0 radical (unpaired) electrons. The van der Waals surface area contributed by atoms with Gasteiger partial charge in [-0.25, -0.2) is 0 Å². The topological polar surface area (TPSA) is 23.6 Å². The van der Waals surface area contributed by atoms with Crippen LogP contribution < -0.4 is 0 Å². The molecule has 0 aromatic heterocycles. The summed E-state index contributed by atoms with van der Waals surface area (Å²) in [5.41, 5.74) is 0.800. The molecule has 1 fully saturated rings. The molecule has 0 bridgehead atoms. The van der Waals surface area contributed by atoms with Gasteiger partial charge in [0.2, 0.25) is 0 Å². The van der Waals surface area contributed by atoms with E-state index in [1.807, 2.05) is 29.2 Å². The first-order chi connectivity index (χ1) is 8.49. The summed E-state index contributed by atoms with van der Waals surface area (Å²) in [4.78, 5) is 16.6. The molecule has 18 heavy (non-hydrogen) atoms. The molecule has 0 saturated carbocycles. The molecule has 2 atom stereocenters. The maximum atomic E-state index is 12.4. The van der Waals surface area contributed by atoms with E-state index in [1.165, 1.54) is 0 Å². The Morgan fingerprint density at radius 2 is 2.11 bits per heavy atom. The fraction of sp³-hybridized carbons (Fsp3) is 0.500. The van der Waals surface area contributed by atoms with E-state index in [1.54, 1.807) is 0 Å². The zero-order valence-corrected chi connectivity index (χ0v) is 13.2. The molecule has 1 aromatic rings. The quantitative estimate of drug-likeness (QED) is 0.758. The SMILES string of the molecule is CC1CN(C(=O)c2cccc(I)c2)CC1N(C)C. The van der Waals surface area contributed by atoms with E-state index < -0.39 is 0 Å². The van der Waals surface area contributed by atoms with Gasteiger partial charge in [-0.15, -0.1) is 0 Å². The number of halogens is 1. The van der Waals surface area contributed by atoms with Crippen molar-refractivity contribution in [2.24, 2.45) is 5.92 Å². The summed E-state index contributed by atoms with van der Waals surface area (Å²) in [5, 5.41) is 0. The summed E-state index contributed by atoms with van der Waals surface area (Å²) in [6.45, 7) is 3.90. The Hall–Kier alpha value is -0.620. The molecule has 0 aliphatic carbocycles. The van der Waals surface area contributed by atoms with Gasteiger partial charge in [0, 0.05) is 28.3 Å². The number of amides is 1. The van der Waals surface area contributed by atoms with Crippen LogP contribution >= 0.6 is 22.6 Å². The van der Waals surface area contributed by atoms with Crippen molar-refractivity contribution in [3.8, 4) is 0 Å². The first-order valence-corrected chi connectivity index (χ1v) is 7.28. The van der Waals surface area contributed by atoms with Crippen molar-refractivity contribution in [1.29, 1.82) is 0 Å². The Balaban J connectivity index is 2.12. The average Bonchev–Trinajstić information content (AvgIpc) is 2.70. The second-order valence-electron chi connectivity index (χ2n) is 5.23. The van der Waals surface area contributed by atoms with E-state index >= 15 is 0 Å². The average molecular weight is 358 g/mol. The lowest BCUT2D eigenvalue weighted by atomic mass is 10.1. The van der Waals surface area contributed by atoms with E-state index in [0.29, 0.717) is 12.0 Å². The van der Waals surface area contributed by atoms with Crippen LogP contribution in [0.2, 0.25) is 0 Å². The van der Waals surface area contributed by atoms with Crippen LogP contribution in [0.25, 0.3) is 0 Å². The monoisotopic (exact) mass is 358 g/mol. The van der Waals surface area contributed by atoms with Crippen molar-refractivity contribution in [2.75, 3.05) is 27.2 Å². The van der Waals surface area contributed by atoms with E-state index in [0.717, 1.165) is 22.2 Å². The lowest BCUT2D eigenvalue weighted by Gasteiger charge is -2.22. The second kappa shape index (κ2) is 5.57. The number of hydrogen-bond acceptors (Lipinski definition) is 2. The third-order valence-electron chi connectivity index (χ3n) is 3.59. The van der Waals surface area contributed by atoms with Gasteiger partial charge in [-0.2, -0.15) is 0 Å². The summed E-state index contributed by atoms with van der Waals surface area (Å²) in [5.74, 6) is 0.691. The highest BCUT2D eigenvalue weighted by molar-refractivity contribution is 14.1. The number of hydrogen-bond donors (Lipinski definition) is 0. The normalized spacial score (nSPS) is 23.7. The van der Waals surface area contributed by atoms with Crippen molar-refractivity contribution in [3.63, 3.8) is 0 Å². The molecule has 2 rings (SSSR count). The highest BCUT2D eigenvalue weighted by atomic mass is 127. The Morgan fingerprint density at radius 3 is 2.67 bits per heavy atom. The maximum absolute atomic E-state index is 12.4. The summed E-state index contributed by atoms with van der Waals surface area (Å²) >= 11 is 2.24. The Bertz CT molecular complexity index is 447. The first-order valence-electron chi connectivity index (χ1n) is 6.20. The second-order valence-corrected chi connectivity index (χ2v) is 6.47. The zero-order valence-electron chi connectivity index (χ0n) is 11.1. The smallest absolute Gasteiger partial charge is 0.253 e. The van der Waals surface area contributed by atoms with Crippen molar-refractivity contribution >= 4 is 28.5 Å². The summed E-state index contributed by atoms with van der Waals surface area (Å²) < 4.78 is 1.11. The molecule has 1 saturated heterocycles. The molecule has 2 unspecified atom stereocenters. The molecule has 3 nitrogen and oxygen atoms in total. The Morgan fingerprint density at radius 1 is 1.39 bits per heavy atom. The van der Waals surface area contributed by atoms with E-state index in [4.69, 9.17) is 0 Å². The maximum Gasteiger partial charge on any atom is 0.253 e. The predicted octanol–water partition coefficient (Wildman–Crippen LogP) is 2.31. The molecule has 1 aliphatic heterocycles. The van der Waals surface area contributed by atoms with Crippen molar-refractivity contribution < 1.29 is 4.79 Å². The highest BCUT2D eigenvalue weighted by Gasteiger charge is 2.33. The number of rotatable bonds is 2. The number of benzene rings is 1. The van der Waals surface area contributed by atoms with Crippen LogP contribution in [0.1, 0.15) is 17.3 Å². The molecular weight excluding hydrogens is 339 g/mol. The van der Waals surface area contributed by atoms with Gasteiger partial charge >= 0.3 is 0 Å². The molecule has 98 valence electrons. The minimum atomic E-state index is 0.157. The zero-order chi connectivity index (χ0) is 13.3. The fourth-order valence-electron chi connectivity index (χ4n) is 2.59. The lowest BCUT2D eigenvalue weighted by Crippen LogP contribution is -2.35. The van der Waals surface area contributed by atoms with Gasteiger partial charge in [0.25, 0.3) is 5.91 Å². The molecule has 4 heteroatoms. The number of nitrogens with zero attached hydrogens (tertiary/aromatic N) is 2. The van der Waals surface area contributed by atoms with Crippen LogP contribution in [0.4, 0.5) is 0 Å². The minimum Gasteiger partial charge on any atom is -0.337 e. The van der Waals surface area contributed by atoms with Crippen molar-refractivity contribution in [2.45, 2.75) is 13.0 Å². The van der Waals surface area contributed by atoms with Gasteiger partial charge in [-0.05, 0) is 60.8 Å². The van der Waals surface area contributed by atoms with E-state index in [2.05, 4.69) is 48.5 Å². The molecule has 1 aromatic carbocycles. The fourth-order valence-corrected chi connectivity index (χ4v) is 3.13. The highest BCUT2D eigenvalue weighted by Crippen LogP contribution is 2.22. The van der Waals surface area contributed by atoms with Gasteiger partial charge < -0.3 is 9.80 Å². The van der Waals surface area contributed by atoms with Crippen LogP contribution in [0.3, 0.4) is 0 Å². The van der Waals surface area contributed by atoms with Gasteiger partial charge in [0.15, 0.2) is 0 Å². The molecule has 0 spiro atoms. The first kappa shape index (κ1) is 13.8. The largest absolute Gasteiger partial charge is 0.337 e. The summed E-state index contributed by atoms with van der Waals surface area (Å²) in [6, 6.07) is 8.27. The van der Waals surface area contributed by atoms with Crippen LogP contribution in [0, 0.1) is 9.49 Å². The third-order valence-corrected chi connectivity index (χ3v) is 4.27. The van der Waals surface area contributed by atoms with Crippen molar-refractivity contribution in [3.05, 3.63) is 33.4 Å². The molecule has 1 amide bonds. The van der Waals surface area contributed by atoms with E-state index in [9.17, 15) is 4.79 Å². The van der Waals surface area contributed by atoms with Crippen LogP contribution in [0.5, 0.6) is 0 Å². The van der Waals surface area contributed by atoms with Gasteiger partial charge in [0.1, 0.15) is 0 Å². The Kier molecular flexibility index (Phi) is 4.27. The minimum absolute atomic E-state index is 0.157. The van der Waals surface area contributed by atoms with E-state index in [-0.39, 0.29) is 5.91 Å². The van der Waals surface area contributed by atoms with Gasteiger partial charge in [0.05, 0.1) is 0 Å². The third kappa shape index (κ3) is 2.85. The standard InChI is InChI=1S/C14H19IN2O/c1-10-8-17(9-13(10)16(2)3)14(18)11-5-4-6-12(15)7-11/h4-7,10,13H,8-9H2,1-3H3. The number of carbonyl (C=O) groups is 1. The number of likely N-dealkylation sites (N-methyl/N-ethyl adjacent to an activating group) is 1. The van der Waals surface area contributed by atoms with Crippen LogP contribution in [0.15, 0.2) is 24.3 Å². The lowest BCUT2D eigenvalue weighted by molar-refractivity contribution is 0.0781. The molecule has 0 N–H and O–H groups in total. The van der Waals surface area contributed by atoms with Gasteiger partial charge in [-0.3, -0.25) is 4.79 Å². The Labute approximate surface area is 122 Å². The van der Waals surface area contributed by atoms with Gasteiger partial charge in [-0.1, -0.05) is 13.0 Å². The molecular formula is C14H19IN2O. The number of likely N-dealkylation sites (tertiary alicyclic amines) is 1. The predicted molar refractivity (Wildman–Crippen MR) is 81.7 cm³/mol.